The highest BCUT2D eigenvalue weighted by molar-refractivity contribution is 5.26. The van der Waals surface area contributed by atoms with Crippen LogP contribution in [0.15, 0.2) is 42.5 Å². The van der Waals surface area contributed by atoms with E-state index in [1.807, 2.05) is 6.07 Å². The largest absolute Gasteiger partial charge is 0.294 e. The smallest absolute Gasteiger partial charge is 0.159 e. The van der Waals surface area contributed by atoms with Gasteiger partial charge in [-0.3, -0.25) is 5.32 Å². The molecule has 2 aromatic carbocycles. The minimum Gasteiger partial charge on any atom is -0.294 e. The van der Waals surface area contributed by atoms with Crippen molar-refractivity contribution in [1.29, 1.82) is 5.26 Å². The summed E-state index contributed by atoms with van der Waals surface area (Å²) in [5.41, 5.74) is 1.13. The molecule has 2 nitrogen and oxygen atoms in total. The summed E-state index contributed by atoms with van der Waals surface area (Å²) in [5, 5.41) is 12.0. The molecule has 0 aliphatic carbocycles. The van der Waals surface area contributed by atoms with E-state index in [1.54, 1.807) is 12.1 Å². The van der Waals surface area contributed by atoms with Crippen molar-refractivity contribution >= 4 is 0 Å². The minimum atomic E-state index is -0.994. The third-order valence-corrected chi connectivity index (χ3v) is 2.83. The highest BCUT2D eigenvalue weighted by Gasteiger charge is 2.12. The molecule has 20 heavy (non-hydrogen) atoms. The maximum Gasteiger partial charge on any atom is 0.159 e. The number of halogens is 3. The van der Waals surface area contributed by atoms with Crippen molar-refractivity contribution in [2.24, 2.45) is 0 Å². The summed E-state index contributed by atoms with van der Waals surface area (Å²) in [4.78, 5) is 0. The van der Waals surface area contributed by atoms with Gasteiger partial charge in [-0.15, -0.1) is 0 Å². The second-order valence-electron chi connectivity index (χ2n) is 4.24. The molecule has 0 saturated heterocycles. The van der Waals surface area contributed by atoms with Gasteiger partial charge in [-0.1, -0.05) is 18.2 Å². The number of hydrogen-bond acceptors (Lipinski definition) is 2. The number of hydrogen-bond donors (Lipinski definition) is 1. The van der Waals surface area contributed by atoms with Crippen LogP contribution in [0.5, 0.6) is 0 Å². The van der Waals surface area contributed by atoms with Crippen LogP contribution in [0.3, 0.4) is 0 Å². The Morgan fingerprint density at radius 2 is 1.70 bits per heavy atom. The van der Waals surface area contributed by atoms with Crippen LogP contribution in [0.1, 0.15) is 17.2 Å². The van der Waals surface area contributed by atoms with Crippen LogP contribution in [0.4, 0.5) is 13.2 Å². The van der Waals surface area contributed by atoms with Crippen LogP contribution in [0.2, 0.25) is 0 Å². The summed E-state index contributed by atoms with van der Waals surface area (Å²) in [6, 6.07) is 10.3. The first-order valence-corrected chi connectivity index (χ1v) is 5.92. The quantitative estimate of drug-likeness (QED) is 0.928. The average molecular weight is 276 g/mol. The standard InChI is InChI=1S/C15H11F3N2/c16-12-4-1-10(2-5-12)9-20-15(8-19)11-3-6-13(17)14(18)7-11/h1-7,15,20H,9H2. The lowest BCUT2D eigenvalue weighted by Gasteiger charge is -2.12. The van der Waals surface area contributed by atoms with Gasteiger partial charge in [-0.2, -0.15) is 5.26 Å². The van der Waals surface area contributed by atoms with Crippen LogP contribution >= 0.6 is 0 Å². The number of nitriles is 1. The summed E-state index contributed by atoms with van der Waals surface area (Å²) >= 11 is 0. The lowest BCUT2D eigenvalue weighted by Crippen LogP contribution is -2.19. The Labute approximate surface area is 114 Å². The fraction of sp³-hybridized carbons (Fsp3) is 0.133. The third-order valence-electron chi connectivity index (χ3n) is 2.83. The predicted molar refractivity (Wildman–Crippen MR) is 68.0 cm³/mol. The lowest BCUT2D eigenvalue weighted by atomic mass is 10.1. The third kappa shape index (κ3) is 3.37. The molecule has 0 heterocycles. The van der Waals surface area contributed by atoms with Gasteiger partial charge in [0.25, 0.3) is 0 Å². The van der Waals surface area contributed by atoms with Crippen LogP contribution in [-0.4, -0.2) is 0 Å². The zero-order valence-corrected chi connectivity index (χ0v) is 10.4. The van der Waals surface area contributed by atoms with Crippen molar-refractivity contribution < 1.29 is 13.2 Å². The summed E-state index contributed by atoms with van der Waals surface area (Å²) < 4.78 is 38.7. The van der Waals surface area contributed by atoms with E-state index in [9.17, 15) is 13.2 Å². The molecule has 1 atom stereocenters. The van der Waals surface area contributed by atoms with Crippen molar-refractivity contribution in [2.75, 3.05) is 0 Å². The average Bonchev–Trinajstić information content (AvgIpc) is 2.45. The number of nitrogens with zero attached hydrogens (tertiary/aromatic N) is 1. The van der Waals surface area contributed by atoms with Gasteiger partial charge in [0.2, 0.25) is 0 Å². The molecule has 0 aromatic heterocycles. The predicted octanol–water partition coefficient (Wildman–Crippen LogP) is 3.46. The Morgan fingerprint density at radius 3 is 2.30 bits per heavy atom. The van der Waals surface area contributed by atoms with Gasteiger partial charge in [0.05, 0.1) is 6.07 Å². The van der Waals surface area contributed by atoms with Crippen molar-refractivity contribution in [3.8, 4) is 6.07 Å². The van der Waals surface area contributed by atoms with Crippen LogP contribution in [-0.2, 0) is 6.54 Å². The summed E-state index contributed by atoms with van der Waals surface area (Å²) in [6.07, 6.45) is 0. The molecule has 2 aromatic rings. The molecule has 1 N–H and O–H groups in total. The Hall–Kier alpha value is -2.32. The highest BCUT2D eigenvalue weighted by Crippen LogP contribution is 2.16. The highest BCUT2D eigenvalue weighted by atomic mass is 19.2. The van der Waals surface area contributed by atoms with E-state index in [0.717, 1.165) is 17.7 Å². The monoisotopic (exact) mass is 276 g/mol. The van der Waals surface area contributed by atoms with Crippen LogP contribution < -0.4 is 5.32 Å². The fourth-order valence-corrected chi connectivity index (χ4v) is 1.75. The molecule has 0 aliphatic rings. The molecule has 0 aliphatic heterocycles. The molecule has 0 radical (unpaired) electrons. The molecule has 5 heteroatoms. The lowest BCUT2D eigenvalue weighted by molar-refractivity contribution is 0.504. The SMILES string of the molecule is N#CC(NCc1ccc(F)cc1)c1ccc(F)c(F)c1. The van der Waals surface area contributed by atoms with Gasteiger partial charge in [0, 0.05) is 6.54 Å². The summed E-state index contributed by atoms with van der Waals surface area (Å²) in [5.74, 6) is -2.29. The van der Waals surface area contributed by atoms with Crippen molar-refractivity contribution in [3.05, 3.63) is 71.0 Å². The molecule has 0 bridgehead atoms. The topological polar surface area (TPSA) is 35.8 Å². The second kappa shape index (κ2) is 6.22. The zero-order chi connectivity index (χ0) is 14.5. The van der Waals surface area contributed by atoms with Gasteiger partial charge in [-0.25, -0.2) is 13.2 Å². The van der Waals surface area contributed by atoms with Crippen LogP contribution in [0, 0.1) is 28.8 Å². The molecule has 102 valence electrons. The fourth-order valence-electron chi connectivity index (χ4n) is 1.75. The van der Waals surface area contributed by atoms with Gasteiger partial charge >= 0.3 is 0 Å². The van der Waals surface area contributed by atoms with Gasteiger partial charge in [0.1, 0.15) is 11.9 Å². The van der Waals surface area contributed by atoms with Gasteiger partial charge in [0.15, 0.2) is 11.6 Å². The molecule has 0 spiro atoms. The normalized spacial score (nSPS) is 11.9. The number of nitrogens with one attached hydrogen (secondary N) is 1. The Balaban J connectivity index is 2.07. The van der Waals surface area contributed by atoms with E-state index in [1.165, 1.54) is 18.2 Å². The Morgan fingerprint density at radius 1 is 1.00 bits per heavy atom. The van der Waals surface area contributed by atoms with E-state index < -0.39 is 17.7 Å². The van der Waals surface area contributed by atoms with E-state index >= 15 is 0 Å². The molecule has 1 unspecified atom stereocenters. The number of benzene rings is 2. The molecular weight excluding hydrogens is 265 g/mol. The molecule has 0 saturated carbocycles. The maximum atomic E-state index is 13.1. The molecule has 0 fully saturated rings. The maximum absolute atomic E-state index is 13.1. The first kappa shape index (κ1) is 14.1. The first-order valence-electron chi connectivity index (χ1n) is 5.92. The van der Waals surface area contributed by atoms with Crippen molar-refractivity contribution in [1.82, 2.24) is 5.32 Å². The molecule has 0 amide bonds. The van der Waals surface area contributed by atoms with Crippen molar-refractivity contribution in [2.45, 2.75) is 12.6 Å². The number of rotatable bonds is 4. The minimum absolute atomic E-state index is 0.317. The Kier molecular flexibility index (Phi) is 4.38. The van der Waals surface area contributed by atoms with E-state index in [-0.39, 0.29) is 5.82 Å². The molecule has 2 rings (SSSR count). The van der Waals surface area contributed by atoms with E-state index in [2.05, 4.69) is 5.32 Å². The summed E-state index contributed by atoms with van der Waals surface area (Å²) in [7, 11) is 0. The zero-order valence-electron chi connectivity index (χ0n) is 10.4. The Bertz CT molecular complexity index is 633. The van der Waals surface area contributed by atoms with E-state index in [0.29, 0.717) is 12.1 Å². The van der Waals surface area contributed by atoms with Gasteiger partial charge < -0.3 is 0 Å². The van der Waals surface area contributed by atoms with Gasteiger partial charge in [-0.05, 0) is 35.4 Å². The van der Waals surface area contributed by atoms with E-state index in [4.69, 9.17) is 5.26 Å². The second-order valence-corrected chi connectivity index (χ2v) is 4.24. The first-order chi connectivity index (χ1) is 9.60. The molecular formula is C15H11F3N2. The van der Waals surface area contributed by atoms with Crippen molar-refractivity contribution in [3.63, 3.8) is 0 Å². The summed E-state index contributed by atoms with van der Waals surface area (Å²) in [6.45, 7) is 0.317. The van der Waals surface area contributed by atoms with Crippen LogP contribution in [0.25, 0.3) is 0 Å².